The Balaban J connectivity index is 1.43. The molecule has 0 saturated carbocycles. The summed E-state index contributed by atoms with van der Waals surface area (Å²) in [4.78, 5) is 16.9. The lowest BCUT2D eigenvalue weighted by atomic mass is 9.96. The third-order valence-corrected chi connectivity index (χ3v) is 6.89. The van der Waals surface area contributed by atoms with Gasteiger partial charge in [-0.25, -0.2) is 0 Å². The van der Waals surface area contributed by atoms with Gasteiger partial charge in [-0.3, -0.25) is 9.69 Å². The van der Waals surface area contributed by atoms with E-state index < -0.39 is 0 Å². The highest BCUT2D eigenvalue weighted by Gasteiger charge is 2.41. The lowest BCUT2D eigenvalue weighted by Crippen LogP contribution is -2.49. The lowest BCUT2D eigenvalue weighted by molar-refractivity contribution is 0.0828. The van der Waals surface area contributed by atoms with Crippen LogP contribution >= 0.6 is 22.9 Å². The average molecular weight is 406 g/mol. The topological polar surface area (TPSA) is 67.6 Å². The minimum atomic E-state index is -0.148. The minimum absolute atomic E-state index is 0.148. The Hall–Kier alpha value is -1.76. The second-order valence-electron chi connectivity index (χ2n) is 7.35. The Bertz CT molecular complexity index is 813. The molecule has 0 spiro atoms. The van der Waals surface area contributed by atoms with Crippen molar-refractivity contribution in [1.29, 1.82) is 0 Å². The van der Waals surface area contributed by atoms with Gasteiger partial charge in [-0.2, -0.15) is 0 Å². The highest BCUT2D eigenvalue weighted by Crippen LogP contribution is 2.37. The molecule has 2 aromatic rings. The molecule has 5 nitrogen and oxygen atoms in total. The Morgan fingerprint density at radius 3 is 2.74 bits per heavy atom. The molecule has 27 heavy (non-hydrogen) atoms. The van der Waals surface area contributed by atoms with E-state index in [2.05, 4.69) is 27.7 Å². The maximum Gasteiger partial charge on any atom is 0.255 e. The van der Waals surface area contributed by atoms with Gasteiger partial charge in [-0.15, -0.1) is 11.3 Å². The van der Waals surface area contributed by atoms with Crippen LogP contribution in [0.25, 0.3) is 0 Å². The first-order chi connectivity index (χ1) is 13.0. The van der Waals surface area contributed by atoms with Crippen LogP contribution in [0.4, 0.5) is 5.69 Å². The number of nitrogens with zero attached hydrogens (tertiary/aromatic N) is 1. The molecule has 1 aromatic heterocycles. The fourth-order valence-corrected chi connectivity index (χ4v) is 5.29. The molecule has 3 heterocycles. The van der Waals surface area contributed by atoms with Crippen molar-refractivity contribution in [3.05, 3.63) is 45.1 Å². The van der Waals surface area contributed by atoms with Gasteiger partial charge < -0.3 is 15.8 Å². The van der Waals surface area contributed by atoms with Gasteiger partial charge >= 0.3 is 0 Å². The fourth-order valence-electron chi connectivity index (χ4n) is 4.41. The predicted molar refractivity (Wildman–Crippen MR) is 110 cm³/mol. The van der Waals surface area contributed by atoms with Crippen LogP contribution in [0.3, 0.4) is 0 Å². The third-order valence-electron chi connectivity index (χ3n) is 5.70. The van der Waals surface area contributed by atoms with Crippen molar-refractivity contribution in [2.75, 3.05) is 12.8 Å². The minimum Gasteiger partial charge on any atom is -0.496 e. The summed E-state index contributed by atoms with van der Waals surface area (Å²) in [7, 11) is 1.53. The number of benzene rings is 1. The van der Waals surface area contributed by atoms with Crippen LogP contribution in [0.1, 0.15) is 40.9 Å². The number of anilines is 1. The summed E-state index contributed by atoms with van der Waals surface area (Å²) in [6.07, 6.45) is 4.39. The molecule has 2 unspecified atom stereocenters. The summed E-state index contributed by atoms with van der Waals surface area (Å²) in [6, 6.07) is 8.75. The molecule has 2 bridgehead atoms. The summed E-state index contributed by atoms with van der Waals surface area (Å²) in [5.41, 5.74) is 6.66. The average Bonchev–Trinajstić information content (AvgIpc) is 3.23. The first-order valence-electron chi connectivity index (χ1n) is 9.27. The van der Waals surface area contributed by atoms with E-state index in [1.165, 1.54) is 24.8 Å². The zero-order valence-corrected chi connectivity index (χ0v) is 16.9. The van der Waals surface area contributed by atoms with Gasteiger partial charge in [0.1, 0.15) is 5.75 Å². The SMILES string of the molecule is COc1cc(N)c(Cl)cc1C(=O)NC1CC2CCC(C1)N2Cc1cccs1. The van der Waals surface area contributed by atoms with E-state index in [0.29, 0.717) is 34.1 Å². The van der Waals surface area contributed by atoms with E-state index in [9.17, 15) is 4.79 Å². The van der Waals surface area contributed by atoms with Crippen LogP contribution in [0.2, 0.25) is 5.02 Å². The van der Waals surface area contributed by atoms with Gasteiger partial charge in [0, 0.05) is 35.6 Å². The Morgan fingerprint density at radius 2 is 2.11 bits per heavy atom. The molecule has 144 valence electrons. The van der Waals surface area contributed by atoms with Crippen molar-refractivity contribution in [2.45, 2.75) is 50.4 Å². The van der Waals surface area contributed by atoms with E-state index in [1.807, 2.05) is 11.3 Å². The molecule has 1 amide bonds. The fraction of sp³-hybridized carbons (Fsp3) is 0.450. The van der Waals surface area contributed by atoms with E-state index >= 15 is 0 Å². The van der Waals surface area contributed by atoms with E-state index in [4.69, 9.17) is 22.1 Å². The highest BCUT2D eigenvalue weighted by molar-refractivity contribution is 7.09. The first kappa shape index (κ1) is 18.6. The van der Waals surface area contributed by atoms with Crippen molar-refractivity contribution in [3.8, 4) is 5.75 Å². The number of nitrogens with two attached hydrogens (primary N) is 1. The van der Waals surface area contributed by atoms with Gasteiger partial charge in [0.05, 0.1) is 23.4 Å². The largest absolute Gasteiger partial charge is 0.496 e. The Morgan fingerprint density at radius 1 is 1.37 bits per heavy atom. The van der Waals surface area contributed by atoms with Crippen molar-refractivity contribution >= 4 is 34.5 Å². The number of nitrogens with one attached hydrogen (secondary N) is 1. The summed E-state index contributed by atoms with van der Waals surface area (Å²) in [5.74, 6) is 0.303. The number of hydrogen-bond donors (Lipinski definition) is 2. The van der Waals surface area contributed by atoms with E-state index in [-0.39, 0.29) is 11.9 Å². The van der Waals surface area contributed by atoms with E-state index in [1.54, 1.807) is 12.1 Å². The van der Waals surface area contributed by atoms with Gasteiger partial charge in [0.15, 0.2) is 0 Å². The Labute approximate surface area is 168 Å². The molecule has 2 fully saturated rings. The number of amides is 1. The summed E-state index contributed by atoms with van der Waals surface area (Å²) >= 11 is 7.92. The van der Waals surface area contributed by atoms with Crippen LogP contribution in [-0.2, 0) is 6.54 Å². The number of fused-ring (bicyclic) bond motifs is 2. The third kappa shape index (κ3) is 3.79. The molecule has 4 rings (SSSR count). The number of methoxy groups -OCH3 is 1. The van der Waals surface area contributed by atoms with Crippen LogP contribution in [0.5, 0.6) is 5.75 Å². The number of ether oxygens (including phenoxy) is 1. The maximum absolute atomic E-state index is 12.8. The number of hydrogen-bond acceptors (Lipinski definition) is 5. The van der Waals surface area contributed by atoms with Crippen LogP contribution in [-0.4, -0.2) is 36.0 Å². The van der Waals surface area contributed by atoms with Gasteiger partial charge in [0.25, 0.3) is 5.91 Å². The molecule has 3 N–H and O–H groups in total. The van der Waals surface area contributed by atoms with Crippen molar-refractivity contribution < 1.29 is 9.53 Å². The molecule has 0 aliphatic carbocycles. The van der Waals surface area contributed by atoms with E-state index in [0.717, 1.165) is 19.4 Å². The number of carbonyl (C=O) groups excluding carboxylic acids is 1. The monoisotopic (exact) mass is 405 g/mol. The van der Waals surface area contributed by atoms with Crippen molar-refractivity contribution in [1.82, 2.24) is 10.2 Å². The second kappa shape index (κ2) is 7.70. The van der Waals surface area contributed by atoms with Crippen LogP contribution in [0, 0.1) is 0 Å². The van der Waals surface area contributed by atoms with Crippen LogP contribution in [0.15, 0.2) is 29.6 Å². The van der Waals surface area contributed by atoms with Gasteiger partial charge in [-0.1, -0.05) is 17.7 Å². The number of rotatable bonds is 5. The second-order valence-corrected chi connectivity index (χ2v) is 8.79. The molecule has 2 saturated heterocycles. The molecule has 0 radical (unpaired) electrons. The molecule has 7 heteroatoms. The number of piperidine rings is 1. The van der Waals surface area contributed by atoms with Gasteiger partial charge in [-0.05, 0) is 43.2 Å². The first-order valence-corrected chi connectivity index (χ1v) is 10.5. The molecule has 2 atom stereocenters. The highest BCUT2D eigenvalue weighted by atomic mass is 35.5. The zero-order valence-electron chi connectivity index (χ0n) is 15.3. The standard InChI is InChI=1S/C20H24ClN3O2S/c1-26-19-10-18(22)17(21)9-16(19)20(25)23-12-7-13-4-5-14(8-12)24(13)11-15-3-2-6-27-15/h2-3,6,9-10,12-14H,4-5,7-8,11,22H2,1H3,(H,23,25). The number of carbonyl (C=O) groups is 1. The summed E-state index contributed by atoms with van der Waals surface area (Å²) < 4.78 is 5.32. The summed E-state index contributed by atoms with van der Waals surface area (Å²) in [5, 5.41) is 5.70. The zero-order chi connectivity index (χ0) is 19.0. The lowest BCUT2D eigenvalue weighted by Gasteiger charge is -2.39. The quantitative estimate of drug-likeness (QED) is 0.740. The molecular weight excluding hydrogens is 382 g/mol. The number of thiophene rings is 1. The van der Waals surface area contributed by atoms with Crippen molar-refractivity contribution in [2.24, 2.45) is 0 Å². The Kier molecular flexibility index (Phi) is 5.30. The molecular formula is C20H24ClN3O2S. The molecule has 1 aromatic carbocycles. The summed E-state index contributed by atoms with van der Waals surface area (Å²) in [6.45, 7) is 1.02. The smallest absolute Gasteiger partial charge is 0.255 e. The maximum atomic E-state index is 12.8. The molecule has 2 aliphatic heterocycles. The normalized spacial score (nSPS) is 24.7. The van der Waals surface area contributed by atoms with Crippen LogP contribution < -0.4 is 15.8 Å². The molecule has 2 aliphatic rings. The number of nitrogen functional groups attached to an aromatic ring is 1. The predicted octanol–water partition coefficient (Wildman–Crippen LogP) is 3.92. The van der Waals surface area contributed by atoms with Crippen molar-refractivity contribution in [3.63, 3.8) is 0 Å². The number of halogens is 1. The van der Waals surface area contributed by atoms with Gasteiger partial charge in [0.2, 0.25) is 0 Å².